The number of fused-ring (bicyclic) bond motifs is 1. The molecule has 0 atom stereocenters. The summed E-state index contributed by atoms with van der Waals surface area (Å²) in [6.07, 6.45) is 6.24. The van der Waals surface area contributed by atoms with Gasteiger partial charge in [-0.2, -0.15) is 5.10 Å². The van der Waals surface area contributed by atoms with Gasteiger partial charge in [-0.15, -0.1) is 0 Å². The summed E-state index contributed by atoms with van der Waals surface area (Å²) in [4.78, 5) is 11.6. The van der Waals surface area contributed by atoms with E-state index in [1.54, 1.807) is 18.1 Å². The Labute approximate surface area is 169 Å². The van der Waals surface area contributed by atoms with E-state index in [4.69, 9.17) is 0 Å². The first-order valence-corrected chi connectivity index (χ1v) is 9.68. The fourth-order valence-electron chi connectivity index (χ4n) is 3.34. The molecule has 0 fully saturated rings. The van der Waals surface area contributed by atoms with Crippen LogP contribution in [0.15, 0.2) is 66.3 Å². The molecule has 2 heterocycles. The number of aromatic nitrogens is 4. The van der Waals surface area contributed by atoms with Crippen molar-refractivity contribution in [3.63, 3.8) is 0 Å². The number of nitrogens with one attached hydrogen (secondary N) is 3. The number of guanidine groups is 1. The summed E-state index contributed by atoms with van der Waals surface area (Å²) >= 11 is 0. The molecule has 0 bridgehead atoms. The highest BCUT2D eigenvalue weighted by atomic mass is 15.3. The maximum absolute atomic E-state index is 4.32. The molecule has 7 nitrogen and oxygen atoms in total. The van der Waals surface area contributed by atoms with Gasteiger partial charge in [0.2, 0.25) is 0 Å². The Balaban J connectivity index is 1.28. The average Bonchev–Trinajstić information content (AvgIpc) is 3.41. The van der Waals surface area contributed by atoms with Crippen molar-refractivity contribution >= 4 is 16.9 Å². The second-order valence-electron chi connectivity index (χ2n) is 6.97. The Morgan fingerprint density at radius 2 is 2.00 bits per heavy atom. The lowest BCUT2D eigenvalue weighted by Gasteiger charge is -2.12. The summed E-state index contributed by atoms with van der Waals surface area (Å²) in [5.74, 6) is 0.793. The molecule has 4 rings (SSSR count). The first-order chi connectivity index (χ1) is 14.2. The Morgan fingerprint density at radius 3 is 2.76 bits per heavy atom. The van der Waals surface area contributed by atoms with Crippen LogP contribution in [-0.2, 0) is 13.0 Å². The second-order valence-corrected chi connectivity index (χ2v) is 6.97. The third-order valence-electron chi connectivity index (χ3n) is 4.91. The van der Waals surface area contributed by atoms with E-state index < -0.39 is 0 Å². The van der Waals surface area contributed by atoms with Crippen LogP contribution in [0.2, 0.25) is 0 Å². The highest BCUT2D eigenvalue weighted by Crippen LogP contribution is 2.19. The molecule has 7 heteroatoms. The summed E-state index contributed by atoms with van der Waals surface area (Å²) in [7, 11) is 1.79. The van der Waals surface area contributed by atoms with E-state index in [9.17, 15) is 0 Å². The minimum atomic E-state index is 0.698. The lowest BCUT2D eigenvalue weighted by atomic mass is 10.1. The molecule has 0 radical (unpaired) electrons. The predicted octanol–water partition coefficient (Wildman–Crippen LogP) is 2.96. The summed E-state index contributed by atoms with van der Waals surface area (Å²) < 4.78 is 1.74. The van der Waals surface area contributed by atoms with Crippen LogP contribution in [-0.4, -0.2) is 39.3 Å². The SMILES string of the molecule is CN=C(NCCc1c[nH]c2cc(C)ccc12)NCc1ccc(-n2cncn2)cc1. The van der Waals surface area contributed by atoms with Gasteiger partial charge in [-0.05, 0) is 48.2 Å². The molecule has 0 unspecified atom stereocenters. The molecule has 0 saturated heterocycles. The number of hydrogen-bond donors (Lipinski definition) is 3. The molecular formula is C22H25N7. The zero-order valence-electron chi connectivity index (χ0n) is 16.7. The number of rotatable bonds is 6. The normalized spacial score (nSPS) is 11.7. The molecule has 3 N–H and O–H groups in total. The van der Waals surface area contributed by atoms with Gasteiger partial charge in [-0.25, -0.2) is 9.67 Å². The summed E-state index contributed by atoms with van der Waals surface area (Å²) in [6, 6.07) is 14.7. The van der Waals surface area contributed by atoms with Crippen molar-refractivity contribution in [3.8, 4) is 5.69 Å². The number of aryl methyl sites for hydroxylation is 1. The van der Waals surface area contributed by atoms with E-state index in [0.29, 0.717) is 6.54 Å². The molecule has 0 aliphatic heterocycles. The largest absolute Gasteiger partial charge is 0.361 e. The van der Waals surface area contributed by atoms with E-state index in [0.717, 1.165) is 24.6 Å². The lowest BCUT2D eigenvalue weighted by Crippen LogP contribution is -2.37. The quantitative estimate of drug-likeness (QED) is 0.351. The van der Waals surface area contributed by atoms with Crippen molar-refractivity contribution in [2.75, 3.05) is 13.6 Å². The number of aliphatic imine (C=N–C) groups is 1. The highest BCUT2D eigenvalue weighted by molar-refractivity contribution is 5.84. The summed E-state index contributed by atoms with van der Waals surface area (Å²) in [5.41, 5.74) is 5.93. The second kappa shape index (κ2) is 8.60. The molecule has 0 spiro atoms. The Kier molecular flexibility index (Phi) is 5.56. The zero-order valence-corrected chi connectivity index (χ0v) is 16.7. The summed E-state index contributed by atoms with van der Waals surface area (Å²) in [6.45, 7) is 3.62. The van der Waals surface area contributed by atoms with Crippen LogP contribution in [0, 0.1) is 6.92 Å². The van der Waals surface area contributed by atoms with E-state index in [-0.39, 0.29) is 0 Å². The van der Waals surface area contributed by atoms with Gasteiger partial charge in [0, 0.05) is 37.2 Å². The molecule has 0 amide bonds. The van der Waals surface area contributed by atoms with Crippen molar-refractivity contribution in [1.29, 1.82) is 0 Å². The maximum Gasteiger partial charge on any atom is 0.191 e. The van der Waals surface area contributed by atoms with Gasteiger partial charge < -0.3 is 15.6 Å². The topological polar surface area (TPSA) is 82.9 Å². The average molecular weight is 387 g/mol. The van der Waals surface area contributed by atoms with E-state index in [2.05, 4.69) is 74.1 Å². The standard InChI is InChI=1S/C22H25N7/c1-16-3-8-20-18(13-26-21(20)11-16)9-10-25-22(23-2)27-12-17-4-6-19(7-5-17)29-15-24-14-28-29/h3-8,11,13-15,26H,9-10,12H2,1-2H3,(H2,23,25,27). The molecule has 2 aromatic carbocycles. The minimum absolute atomic E-state index is 0.698. The van der Waals surface area contributed by atoms with Gasteiger partial charge in [-0.3, -0.25) is 4.99 Å². The van der Waals surface area contributed by atoms with Crippen LogP contribution in [0.4, 0.5) is 0 Å². The van der Waals surface area contributed by atoms with Crippen LogP contribution >= 0.6 is 0 Å². The fraction of sp³-hybridized carbons (Fsp3) is 0.227. The third kappa shape index (κ3) is 4.45. The molecule has 148 valence electrons. The Morgan fingerprint density at radius 1 is 1.14 bits per heavy atom. The van der Waals surface area contributed by atoms with Crippen molar-refractivity contribution < 1.29 is 0 Å². The first-order valence-electron chi connectivity index (χ1n) is 9.68. The van der Waals surface area contributed by atoms with Crippen LogP contribution in [0.25, 0.3) is 16.6 Å². The van der Waals surface area contributed by atoms with Gasteiger partial charge in [-0.1, -0.05) is 24.3 Å². The van der Waals surface area contributed by atoms with E-state index in [1.165, 1.54) is 33.9 Å². The smallest absolute Gasteiger partial charge is 0.191 e. The van der Waals surface area contributed by atoms with Gasteiger partial charge in [0.1, 0.15) is 12.7 Å². The van der Waals surface area contributed by atoms with Crippen LogP contribution in [0.5, 0.6) is 0 Å². The number of H-pyrrole nitrogens is 1. The van der Waals surface area contributed by atoms with Gasteiger partial charge in [0.05, 0.1) is 5.69 Å². The minimum Gasteiger partial charge on any atom is -0.361 e. The van der Waals surface area contributed by atoms with Crippen molar-refractivity contribution in [1.82, 2.24) is 30.4 Å². The lowest BCUT2D eigenvalue weighted by molar-refractivity contribution is 0.795. The van der Waals surface area contributed by atoms with Crippen molar-refractivity contribution in [2.45, 2.75) is 19.9 Å². The van der Waals surface area contributed by atoms with E-state index >= 15 is 0 Å². The third-order valence-corrected chi connectivity index (χ3v) is 4.91. The van der Waals surface area contributed by atoms with Crippen molar-refractivity contribution in [3.05, 3.63) is 78.0 Å². The molecule has 4 aromatic rings. The first kappa shape index (κ1) is 18.7. The molecule has 0 saturated carbocycles. The number of nitrogens with zero attached hydrogens (tertiary/aromatic N) is 4. The van der Waals surface area contributed by atoms with Gasteiger partial charge in [0.25, 0.3) is 0 Å². The molecule has 0 aliphatic carbocycles. The summed E-state index contributed by atoms with van der Waals surface area (Å²) in [5, 5.41) is 12.2. The number of aromatic amines is 1. The Hall–Kier alpha value is -3.61. The van der Waals surface area contributed by atoms with Gasteiger partial charge >= 0.3 is 0 Å². The van der Waals surface area contributed by atoms with Gasteiger partial charge in [0.15, 0.2) is 5.96 Å². The Bertz CT molecular complexity index is 1090. The zero-order chi connectivity index (χ0) is 20.1. The number of hydrogen-bond acceptors (Lipinski definition) is 3. The molecule has 0 aliphatic rings. The predicted molar refractivity (Wildman–Crippen MR) is 116 cm³/mol. The number of benzene rings is 2. The van der Waals surface area contributed by atoms with Crippen LogP contribution in [0.3, 0.4) is 0 Å². The van der Waals surface area contributed by atoms with Crippen LogP contribution in [0.1, 0.15) is 16.7 Å². The molecule has 2 aromatic heterocycles. The van der Waals surface area contributed by atoms with Crippen LogP contribution < -0.4 is 10.6 Å². The highest BCUT2D eigenvalue weighted by Gasteiger charge is 2.05. The van der Waals surface area contributed by atoms with E-state index in [1.807, 2.05) is 12.1 Å². The monoisotopic (exact) mass is 387 g/mol. The fourth-order valence-corrected chi connectivity index (χ4v) is 3.34. The molecule has 29 heavy (non-hydrogen) atoms. The van der Waals surface area contributed by atoms with Crippen molar-refractivity contribution in [2.24, 2.45) is 4.99 Å². The maximum atomic E-state index is 4.32. The molecular weight excluding hydrogens is 362 g/mol.